The summed E-state index contributed by atoms with van der Waals surface area (Å²) in [5.74, 6) is -1.42. The second-order valence-electron chi connectivity index (χ2n) is 5.64. The minimum Gasteiger partial charge on any atom is -0.455 e. The Kier molecular flexibility index (Phi) is 4.80. The van der Waals surface area contributed by atoms with Gasteiger partial charge in [-0.3, -0.25) is 14.4 Å². The van der Waals surface area contributed by atoms with Gasteiger partial charge >= 0.3 is 5.97 Å². The van der Waals surface area contributed by atoms with Gasteiger partial charge in [0, 0.05) is 32.7 Å². The molecule has 2 amide bonds. The van der Waals surface area contributed by atoms with Gasteiger partial charge in [0.25, 0.3) is 5.91 Å². The minimum absolute atomic E-state index is 0.107. The van der Waals surface area contributed by atoms with Crippen LogP contribution >= 0.6 is 0 Å². The number of hydrogen-bond donors (Lipinski definition) is 0. The highest BCUT2D eigenvalue weighted by molar-refractivity contribution is 5.99. The highest BCUT2D eigenvalue weighted by atomic mass is 16.5. The van der Waals surface area contributed by atoms with E-state index in [0.29, 0.717) is 0 Å². The number of benzene rings is 1. The zero-order chi connectivity index (χ0) is 16.3. The molecule has 0 unspecified atom stereocenters. The summed E-state index contributed by atoms with van der Waals surface area (Å²) in [6, 6.07) is 7.56. The molecule has 1 aromatic rings. The first-order valence-corrected chi connectivity index (χ1v) is 7.12. The lowest BCUT2D eigenvalue weighted by molar-refractivity contribution is -0.154. The molecule has 0 radical (unpaired) electrons. The van der Waals surface area contributed by atoms with Crippen molar-refractivity contribution in [2.24, 2.45) is 5.92 Å². The van der Waals surface area contributed by atoms with E-state index in [0.717, 1.165) is 11.3 Å². The molecule has 1 aliphatic heterocycles. The summed E-state index contributed by atoms with van der Waals surface area (Å²) < 4.78 is 4.99. The van der Waals surface area contributed by atoms with Crippen LogP contribution in [0.5, 0.6) is 0 Å². The maximum absolute atomic E-state index is 12.1. The monoisotopic (exact) mass is 304 g/mol. The third kappa shape index (κ3) is 3.63. The number of amides is 2. The molecule has 0 spiro atoms. The summed E-state index contributed by atoms with van der Waals surface area (Å²) >= 11 is 0. The molecule has 0 bridgehead atoms. The standard InChI is InChI=1S/C16H20N2O4/c1-11-4-6-13(7-5-11)18-9-12(8-14(18)19)16(21)22-10-15(20)17(2)3/h4-7,12H,8-10H2,1-3H3/t12-/m1/s1. The predicted octanol–water partition coefficient (Wildman–Crippen LogP) is 0.979. The molecule has 118 valence electrons. The molecule has 22 heavy (non-hydrogen) atoms. The molecule has 0 saturated carbocycles. The number of hydrogen-bond acceptors (Lipinski definition) is 4. The zero-order valence-corrected chi connectivity index (χ0v) is 13.0. The van der Waals surface area contributed by atoms with Gasteiger partial charge in [0.1, 0.15) is 0 Å². The predicted molar refractivity (Wildman–Crippen MR) is 81.3 cm³/mol. The van der Waals surface area contributed by atoms with Crippen LogP contribution in [0.1, 0.15) is 12.0 Å². The Morgan fingerprint density at radius 1 is 1.27 bits per heavy atom. The zero-order valence-electron chi connectivity index (χ0n) is 13.0. The van der Waals surface area contributed by atoms with Gasteiger partial charge in [0.15, 0.2) is 6.61 Å². The lowest BCUT2D eigenvalue weighted by Crippen LogP contribution is -2.30. The molecule has 0 aliphatic carbocycles. The lowest BCUT2D eigenvalue weighted by atomic mass is 10.1. The Morgan fingerprint density at radius 3 is 2.50 bits per heavy atom. The third-order valence-electron chi connectivity index (χ3n) is 3.64. The number of carbonyl (C=O) groups excluding carboxylic acids is 3. The van der Waals surface area contributed by atoms with Crippen LogP contribution < -0.4 is 4.90 Å². The van der Waals surface area contributed by atoms with Crippen molar-refractivity contribution in [3.8, 4) is 0 Å². The maximum atomic E-state index is 12.1. The summed E-state index contributed by atoms with van der Waals surface area (Å²) in [6.45, 7) is 1.97. The quantitative estimate of drug-likeness (QED) is 0.778. The summed E-state index contributed by atoms with van der Waals surface area (Å²) in [4.78, 5) is 38.4. The van der Waals surface area contributed by atoms with Gasteiger partial charge in [-0.2, -0.15) is 0 Å². The Hall–Kier alpha value is -2.37. The van der Waals surface area contributed by atoms with E-state index < -0.39 is 11.9 Å². The van der Waals surface area contributed by atoms with Crippen LogP contribution in [0.2, 0.25) is 0 Å². The van der Waals surface area contributed by atoms with E-state index in [-0.39, 0.29) is 31.4 Å². The van der Waals surface area contributed by atoms with Gasteiger partial charge in [-0.15, -0.1) is 0 Å². The fourth-order valence-electron chi connectivity index (χ4n) is 2.22. The van der Waals surface area contributed by atoms with Crippen molar-refractivity contribution in [1.82, 2.24) is 4.90 Å². The van der Waals surface area contributed by atoms with Crippen LogP contribution in [-0.4, -0.2) is 49.9 Å². The van der Waals surface area contributed by atoms with E-state index in [2.05, 4.69) is 0 Å². The number of rotatable bonds is 4. The van der Waals surface area contributed by atoms with E-state index in [1.165, 1.54) is 4.90 Å². The van der Waals surface area contributed by atoms with Crippen molar-refractivity contribution in [3.05, 3.63) is 29.8 Å². The summed E-state index contributed by atoms with van der Waals surface area (Å²) in [6.07, 6.45) is 0.114. The van der Waals surface area contributed by atoms with Crippen LogP contribution in [-0.2, 0) is 19.1 Å². The second kappa shape index (κ2) is 6.60. The molecule has 6 nitrogen and oxygen atoms in total. The van der Waals surface area contributed by atoms with Gasteiger partial charge in [-0.1, -0.05) is 17.7 Å². The van der Waals surface area contributed by atoms with Crippen molar-refractivity contribution in [3.63, 3.8) is 0 Å². The molecule has 0 N–H and O–H groups in total. The van der Waals surface area contributed by atoms with Crippen LogP contribution in [0.15, 0.2) is 24.3 Å². The highest BCUT2D eigenvalue weighted by Gasteiger charge is 2.36. The number of likely N-dealkylation sites (N-methyl/N-ethyl adjacent to an activating group) is 1. The van der Waals surface area contributed by atoms with Crippen molar-refractivity contribution >= 4 is 23.5 Å². The third-order valence-corrected chi connectivity index (χ3v) is 3.64. The van der Waals surface area contributed by atoms with Crippen molar-refractivity contribution in [2.75, 3.05) is 32.1 Å². The molecule has 1 aliphatic rings. The van der Waals surface area contributed by atoms with Gasteiger partial charge in [0.05, 0.1) is 5.92 Å². The van der Waals surface area contributed by atoms with Crippen LogP contribution in [0.25, 0.3) is 0 Å². The van der Waals surface area contributed by atoms with E-state index >= 15 is 0 Å². The van der Waals surface area contributed by atoms with Gasteiger partial charge in [-0.25, -0.2) is 0 Å². The first-order valence-electron chi connectivity index (χ1n) is 7.12. The highest BCUT2D eigenvalue weighted by Crippen LogP contribution is 2.26. The topological polar surface area (TPSA) is 66.9 Å². The first-order chi connectivity index (χ1) is 10.4. The molecule has 2 rings (SSSR count). The molecule has 1 fully saturated rings. The molecule has 0 aromatic heterocycles. The number of anilines is 1. The first kappa shape index (κ1) is 16.0. The number of esters is 1. The smallest absolute Gasteiger partial charge is 0.311 e. The van der Waals surface area contributed by atoms with Gasteiger partial charge in [-0.05, 0) is 19.1 Å². The van der Waals surface area contributed by atoms with Gasteiger partial charge < -0.3 is 14.5 Å². The van der Waals surface area contributed by atoms with Crippen molar-refractivity contribution < 1.29 is 19.1 Å². The molecule has 1 aromatic carbocycles. The maximum Gasteiger partial charge on any atom is 0.311 e. The molecule has 1 atom stereocenters. The SMILES string of the molecule is Cc1ccc(N2C[C@H](C(=O)OCC(=O)N(C)C)CC2=O)cc1. The Labute approximate surface area is 129 Å². The number of carbonyl (C=O) groups is 3. The van der Waals surface area contributed by atoms with E-state index in [1.54, 1.807) is 19.0 Å². The van der Waals surface area contributed by atoms with Crippen molar-refractivity contribution in [2.45, 2.75) is 13.3 Å². The largest absolute Gasteiger partial charge is 0.455 e. The fourth-order valence-corrected chi connectivity index (χ4v) is 2.22. The molecule has 1 saturated heterocycles. The molecular formula is C16H20N2O4. The van der Waals surface area contributed by atoms with Crippen molar-refractivity contribution in [1.29, 1.82) is 0 Å². The minimum atomic E-state index is -0.524. The molecule has 6 heteroatoms. The number of ether oxygens (including phenoxy) is 1. The van der Waals surface area contributed by atoms with E-state index in [9.17, 15) is 14.4 Å². The normalized spacial score (nSPS) is 17.5. The lowest BCUT2D eigenvalue weighted by Gasteiger charge is -2.17. The van der Waals surface area contributed by atoms with E-state index in [1.807, 2.05) is 31.2 Å². The average Bonchev–Trinajstić information content (AvgIpc) is 2.87. The summed E-state index contributed by atoms with van der Waals surface area (Å²) in [7, 11) is 3.18. The fraction of sp³-hybridized carbons (Fsp3) is 0.438. The summed E-state index contributed by atoms with van der Waals surface area (Å²) in [5, 5.41) is 0. The Balaban J connectivity index is 1.95. The summed E-state index contributed by atoms with van der Waals surface area (Å²) in [5.41, 5.74) is 1.88. The molecule has 1 heterocycles. The average molecular weight is 304 g/mol. The number of nitrogens with zero attached hydrogens (tertiary/aromatic N) is 2. The van der Waals surface area contributed by atoms with Crippen LogP contribution in [0, 0.1) is 12.8 Å². The molecular weight excluding hydrogens is 284 g/mol. The van der Waals surface area contributed by atoms with Crippen LogP contribution in [0.4, 0.5) is 5.69 Å². The van der Waals surface area contributed by atoms with Crippen LogP contribution in [0.3, 0.4) is 0 Å². The second-order valence-corrected chi connectivity index (χ2v) is 5.64. The van der Waals surface area contributed by atoms with Gasteiger partial charge in [0.2, 0.25) is 5.91 Å². The Morgan fingerprint density at radius 2 is 1.91 bits per heavy atom. The number of aryl methyl sites for hydroxylation is 1. The Bertz CT molecular complexity index is 580. The van der Waals surface area contributed by atoms with E-state index in [4.69, 9.17) is 4.74 Å².